The van der Waals surface area contributed by atoms with E-state index in [4.69, 9.17) is 0 Å². The first-order valence-corrected chi connectivity index (χ1v) is 3.49. The van der Waals surface area contributed by atoms with Crippen LogP contribution in [0.4, 0.5) is 0 Å². The molecule has 0 radical (unpaired) electrons. The van der Waals surface area contributed by atoms with Gasteiger partial charge in [0.15, 0.2) is 0 Å². The minimum atomic E-state index is 0.303. The summed E-state index contributed by atoms with van der Waals surface area (Å²) < 4.78 is 0.303. The van der Waals surface area contributed by atoms with E-state index in [1.807, 2.05) is 11.8 Å². The smallest absolute Gasteiger partial charge is 0.0332 e. The molecule has 0 saturated heterocycles. The molecule has 0 spiro atoms. The molecule has 0 aromatic rings. The van der Waals surface area contributed by atoms with E-state index in [1.165, 1.54) is 4.91 Å². The summed E-state index contributed by atoms with van der Waals surface area (Å²) in [5, 5.41) is 0. The van der Waals surface area contributed by atoms with Gasteiger partial charge in [0.2, 0.25) is 0 Å². The summed E-state index contributed by atoms with van der Waals surface area (Å²) in [5.74, 6) is 0. The summed E-state index contributed by atoms with van der Waals surface area (Å²) in [6.45, 7) is 8.20. The van der Waals surface area contributed by atoms with E-state index in [9.17, 15) is 0 Å². The maximum Gasteiger partial charge on any atom is 0.0332 e. The molecule has 0 atom stereocenters. The van der Waals surface area contributed by atoms with Crippen molar-refractivity contribution in [2.45, 2.75) is 18.6 Å². The van der Waals surface area contributed by atoms with E-state index < -0.39 is 0 Å². The Bertz CT molecular complexity index is 142. The number of thioether (sulfide) groups is 1. The van der Waals surface area contributed by atoms with Crippen molar-refractivity contribution in [3.05, 3.63) is 23.6 Å². The van der Waals surface area contributed by atoms with Crippen LogP contribution in [0, 0.1) is 0 Å². The first-order chi connectivity index (χ1) is 3.60. The van der Waals surface area contributed by atoms with Crippen LogP contribution in [0.2, 0.25) is 0 Å². The van der Waals surface area contributed by atoms with E-state index >= 15 is 0 Å². The second-order valence-corrected chi connectivity index (χ2v) is 4.29. The molecular formula is C7H10S. The monoisotopic (exact) mass is 126 g/mol. The fourth-order valence-electron chi connectivity index (χ4n) is 0.700. The summed E-state index contributed by atoms with van der Waals surface area (Å²) in [7, 11) is 0. The molecule has 0 fully saturated rings. The average Bonchev–Trinajstić information content (AvgIpc) is 1.82. The zero-order chi connectivity index (χ0) is 6.20. The zero-order valence-corrected chi connectivity index (χ0v) is 6.09. The van der Waals surface area contributed by atoms with Gasteiger partial charge in [0, 0.05) is 9.65 Å². The van der Waals surface area contributed by atoms with Gasteiger partial charge in [-0.1, -0.05) is 18.7 Å². The van der Waals surface area contributed by atoms with Gasteiger partial charge in [0.1, 0.15) is 0 Å². The summed E-state index contributed by atoms with van der Waals surface area (Å²) in [6.07, 6.45) is 4.25. The van der Waals surface area contributed by atoms with Crippen LogP contribution in [0.5, 0.6) is 0 Å². The third-order valence-electron chi connectivity index (χ3n) is 1.06. The Morgan fingerprint density at radius 2 is 2.25 bits per heavy atom. The van der Waals surface area contributed by atoms with Crippen molar-refractivity contribution in [2.75, 3.05) is 0 Å². The van der Waals surface area contributed by atoms with E-state index in [1.54, 1.807) is 0 Å². The van der Waals surface area contributed by atoms with Gasteiger partial charge in [0.25, 0.3) is 0 Å². The minimum Gasteiger partial charge on any atom is -0.116 e. The predicted molar refractivity (Wildman–Crippen MR) is 40.0 cm³/mol. The van der Waals surface area contributed by atoms with Crippen LogP contribution < -0.4 is 0 Å². The molecule has 44 valence electrons. The van der Waals surface area contributed by atoms with Crippen LogP contribution >= 0.6 is 11.8 Å². The van der Waals surface area contributed by atoms with Crippen LogP contribution in [-0.2, 0) is 0 Å². The Balaban J connectivity index is 2.72. The Labute approximate surface area is 54.7 Å². The first kappa shape index (κ1) is 5.96. The van der Waals surface area contributed by atoms with Crippen molar-refractivity contribution in [2.24, 2.45) is 0 Å². The maximum atomic E-state index is 3.83. The summed E-state index contributed by atoms with van der Waals surface area (Å²) in [5.41, 5.74) is 0. The van der Waals surface area contributed by atoms with Crippen molar-refractivity contribution < 1.29 is 0 Å². The summed E-state index contributed by atoms with van der Waals surface area (Å²) in [6, 6.07) is 0. The van der Waals surface area contributed by atoms with E-state index in [-0.39, 0.29) is 0 Å². The molecule has 1 rings (SSSR count). The van der Waals surface area contributed by atoms with Gasteiger partial charge in [-0.05, 0) is 13.8 Å². The molecule has 0 aromatic heterocycles. The van der Waals surface area contributed by atoms with E-state index in [2.05, 4.69) is 32.6 Å². The highest BCUT2D eigenvalue weighted by Crippen LogP contribution is 2.38. The number of allylic oxidation sites excluding steroid dienone is 1. The third kappa shape index (κ3) is 1.16. The molecule has 1 heteroatoms. The second-order valence-electron chi connectivity index (χ2n) is 2.51. The lowest BCUT2D eigenvalue weighted by atomic mass is 10.2. The van der Waals surface area contributed by atoms with Gasteiger partial charge in [0.05, 0.1) is 0 Å². The molecule has 0 aliphatic carbocycles. The fraction of sp³-hybridized carbons (Fsp3) is 0.429. The molecule has 8 heavy (non-hydrogen) atoms. The van der Waals surface area contributed by atoms with Crippen molar-refractivity contribution in [1.29, 1.82) is 0 Å². The van der Waals surface area contributed by atoms with Gasteiger partial charge in [-0.25, -0.2) is 0 Å². The third-order valence-corrected chi connectivity index (χ3v) is 2.13. The first-order valence-electron chi connectivity index (χ1n) is 2.67. The number of rotatable bonds is 0. The molecule has 0 amide bonds. The van der Waals surface area contributed by atoms with E-state index in [0.717, 1.165) is 0 Å². The Morgan fingerprint density at radius 1 is 1.62 bits per heavy atom. The predicted octanol–water partition coefficient (Wildman–Crippen LogP) is 2.58. The molecule has 0 saturated carbocycles. The van der Waals surface area contributed by atoms with Gasteiger partial charge in [-0.2, -0.15) is 0 Å². The molecule has 0 N–H and O–H groups in total. The topological polar surface area (TPSA) is 0 Å². The molecule has 1 aliphatic rings. The highest BCUT2D eigenvalue weighted by Gasteiger charge is 2.19. The lowest BCUT2D eigenvalue weighted by Gasteiger charge is -2.11. The highest BCUT2D eigenvalue weighted by atomic mass is 32.2. The largest absolute Gasteiger partial charge is 0.116 e. The average molecular weight is 126 g/mol. The summed E-state index contributed by atoms with van der Waals surface area (Å²) >= 11 is 1.82. The molecule has 1 aliphatic heterocycles. The Morgan fingerprint density at radius 3 is 2.38 bits per heavy atom. The van der Waals surface area contributed by atoms with Crippen LogP contribution in [0.25, 0.3) is 0 Å². The van der Waals surface area contributed by atoms with Gasteiger partial charge in [-0.15, -0.1) is 11.8 Å². The number of hydrogen-bond donors (Lipinski definition) is 0. The van der Waals surface area contributed by atoms with Crippen LogP contribution in [-0.4, -0.2) is 4.75 Å². The van der Waals surface area contributed by atoms with Gasteiger partial charge < -0.3 is 0 Å². The number of hydrogen-bond acceptors (Lipinski definition) is 1. The lowest BCUT2D eigenvalue weighted by molar-refractivity contribution is 0.911. The molecule has 0 aromatic carbocycles. The normalized spacial score (nSPS) is 24.5. The quantitative estimate of drug-likeness (QED) is 0.480. The molecule has 0 nitrogen and oxygen atoms in total. The van der Waals surface area contributed by atoms with Gasteiger partial charge in [-0.3, -0.25) is 0 Å². The Kier molecular flexibility index (Phi) is 1.24. The highest BCUT2D eigenvalue weighted by molar-refractivity contribution is 8.05. The van der Waals surface area contributed by atoms with Crippen molar-refractivity contribution >= 4 is 11.8 Å². The molecule has 0 unspecified atom stereocenters. The SMILES string of the molecule is C=C1C=CC(C)(C)S1. The molecule has 1 heterocycles. The van der Waals surface area contributed by atoms with Crippen molar-refractivity contribution in [1.82, 2.24) is 0 Å². The fourth-order valence-corrected chi connectivity index (χ4v) is 1.65. The molecule has 0 bridgehead atoms. The van der Waals surface area contributed by atoms with E-state index in [0.29, 0.717) is 4.75 Å². The molecular weight excluding hydrogens is 116 g/mol. The summed E-state index contributed by atoms with van der Waals surface area (Å²) in [4.78, 5) is 1.18. The van der Waals surface area contributed by atoms with Crippen LogP contribution in [0.1, 0.15) is 13.8 Å². The lowest BCUT2D eigenvalue weighted by Crippen LogP contribution is -2.04. The van der Waals surface area contributed by atoms with Gasteiger partial charge >= 0.3 is 0 Å². The standard InChI is InChI=1S/C7H10S/c1-6-4-5-7(2,3)8-6/h4-5H,1H2,2-3H3. The zero-order valence-electron chi connectivity index (χ0n) is 5.27. The van der Waals surface area contributed by atoms with Crippen molar-refractivity contribution in [3.63, 3.8) is 0 Å². The Hall–Kier alpha value is -0.170. The maximum absolute atomic E-state index is 3.83. The van der Waals surface area contributed by atoms with Crippen molar-refractivity contribution in [3.8, 4) is 0 Å². The van der Waals surface area contributed by atoms with Crippen LogP contribution in [0.15, 0.2) is 23.6 Å². The minimum absolute atomic E-state index is 0.303. The van der Waals surface area contributed by atoms with Crippen LogP contribution in [0.3, 0.4) is 0 Å². The second kappa shape index (κ2) is 1.66.